The molecule has 1 atom stereocenters. The number of hydrogen-bond donors (Lipinski definition) is 0. The van der Waals surface area contributed by atoms with Gasteiger partial charge in [0.1, 0.15) is 12.7 Å². The number of para-hydroxylation sites is 1. The topological polar surface area (TPSA) is 73.1 Å². The minimum atomic E-state index is -0.0674. The molecule has 1 fully saturated rings. The van der Waals surface area contributed by atoms with Crippen LogP contribution in [0.4, 0.5) is 0 Å². The largest absolute Gasteiger partial charge is 0.376 e. The van der Waals surface area contributed by atoms with Crippen molar-refractivity contribution in [3.05, 3.63) is 72.6 Å². The van der Waals surface area contributed by atoms with Crippen molar-refractivity contribution < 1.29 is 9.53 Å². The number of carbonyl (C=O) groups is 1. The fourth-order valence-electron chi connectivity index (χ4n) is 3.30. The average molecular weight is 363 g/mol. The molecule has 1 saturated heterocycles. The van der Waals surface area contributed by atoms with Crippen molar-refractivity contribution in [3.8, 4) is 5.69 Å². The van der Waals surface area contributed by atoms with Gasteiger partial charge >= 0.3 is 0 Å². The highest BCUT2D eigenvalue weighted by Gasteiger charge is 2.25. The Morgan fingerprint density at radius 3 is 2.85 bits per heavy atom. The van der Waals surface area contributed by atoms with Crippen LogP contribution in [0.2, 0.25) is 0 Å². The number of aromatic nitrogens is 4. The lowest BCUT2D eigenvalue weighted by atomic mass is 10.1. The molecule has 3 heterocycles. The Bertz CT molecular complexity index is 876. The molecular formula is C20H21N5O2. The molecule has 3 aromatic rings. The van der Waals surface area contributed by atoms with Crippen molar-refractivity contribution in [2.45, 2.75) is 25.5 Å². The Hall–Kier alpha value is -3.06. The Kier molecular flexibility index (Phi) is 5.20. The first kappa shape index (κ1) is 17.4. The van der Waals surface area contributed by atoms with Gasteiger partial charge in [-0.2, -0.15) is 5.10 Å². The first-order valence-corrected chi connectivity index (χ1v) is 9.06. The van der Waals surface area contributed by atoms with Crippen molar-refractivity contribution >= 4 is 5.91 Å². The Balaban J connectivity index is 1.64. The maximum Gasteiger partial charge on any atom is 0.256 e. The van der Waals surface area contributed by atoms with Crippen molar-refractivity contribution in [3.63, 3.8) is 0 Å². The summed E-state index contributed by atoms with van der Waals surface area (Å²) in [5, 5.41) is 4.17. The van der Waals surface area contributed by atoms with Crippen molar-refractivity contribution in [2.24, 2.45) is 0 Å². The molecule has 1 aromatic carbocycles. The summed E-state index contributed by atoms with van der Waals surface area (Å²) in [5.41, 5.74) is 2.14. The normalized spacial score (nSPS) is 16.4. The Labute approximate surface area is 157 Å². The van der Waals surface area contributed by atoms with E-state index in [4.69, 9.17) is 4.74 Å². The van der Waals surface area contributed by atoms with Crippen molar-refractivity contribution in [1.29, 1.82) is 0 Å². The van der Waals surface area contributed by atoms with E-state index in [-0.39, 0.29) is 12.0 Å². The highest BCUT2D eigenvalue weighted by molar-refractivity contribution is 5.97. The predicted octanol–water partition coefficient (Wildman–Crippen LogP) is 2.48. The van der Waals surface area contributed by atoms with E-state index in [1.54, 1.807) is 17.2 Å². The summed E-state index contributed by atoms with van der Waals surface area (Å²) in [6.45, 7) is 1.73. The smallest absolute Gasteiger partial charge is 0.256 e. The second-order valence-corrected chi connectivity index (χ2v) is 6.50. The molecule has 1 amide bonds. The number of amides is 1. The zero-order chi connectivity index (χ0) is 18.5. The van der Waals surface area contributed by atoms with E-state index in [1.807, 2.05) is 47.4 Å². The van der Waals surface area contributed by atoms with Crippen LogP contribution in [0.5, 0.6) is 0 Å². The fourth-order valence-corrected chi connectivity index (χ4v) is 3.30. The summed E-state index contributed by atoms with van der Waals surface area (Å²) in [6, 6.07) is 13.2. The second-order valence-electron chi connectivity index (χ2n) is 6.50. The van der Waals surface area contributed by atoms with Gasteiger partial charge in [0.2, 0.25) is 0 Å². The van der Waals surface area contributed by atoms with Gasteiger partial charge in [-0.25, -0.2) is 9.67 Å². The number of carbonyl (C=O) groups excluding carboxylic acids is 1. The lowest BCUT2D eigenvalue weighted by Crippen LogP contribution is -2.37. The molecule has 7 nitrogen and oxygen atoms in total. The van der Waals surface area contributed by atoms with Crippen LogP contribution in [-0.4, -0.2) is 49.8 Å². The first-order chi connectivity index (χ1) is 13.3. The lowest BCUT2D eigenvalue weighted by molar-refractivity contribution is 0.0504. The predicted molar refractivity (Wildman–Crippen MR) is 99.3 cm³/mol. The third-order valence-electron chi connectivity index (χ3n) is 4.61. The highest BCUT2D eigenvalue weighted by Crippen LogP contribution is 2.20. The summed E-state index contributed by atoms with van der Waals surface area (Å²) >= 11 is 0. The minimum Gasteiger partial charge on any atom is -0.376 e. The molecule has 0 aliphatic carbocycles. The van der Waals surface area contributed by atoms with Crippen molar-refractivity contribution in [2.75, 3.05) is 13.2 Å². The standard InChI is InChI=1S/C20H21N5O2/c26-20(18-8-1-2-9-19(18)25-15-21-14-23-25)24(13-17-7-5-11-27-17)12-16-6-3-4-10-22-16/h1-4,6,8-10,14-15,17H,5,7,11-13H2. The van der Waals surface area contributed by atoms with E-state index in [2.05, 4.69) is 15.1 Å². The number of benzene rings is 1. The number of pyridine rings is 1. The number of rotatable bonds is 6. The SMILES string of the molecule is O=C(c1ccccc1-n1cncn1)N(Cc1ccccn1)CC1CCCO1. The van der Waals surface area contributed by atoms with E-state index in [9.17, 15) is 4.79 Å². The van der Waals surface area contributed by atoms with Crippen LogP contribution in [0.3, 0.4) is 0 Å². The van der Waals surface area contributed by atoms with Crippen LogP contribution >= 0.6 is 0 Å². The van der Waals surface area contributed by atoms with E-state index < -0.39 is 0 Å². The van der Waals surface area contributed by atoms with E-state index in [0.29, 0.717) is 24.3 Å². The van der Waals surface area contributed by atoms with Gasteiger partial charge in [0.05, 0.1) is 29.6 Å². The average Bonchev–Trinajstić information content (AvgIpc) is 3.42. The third-order valence-corrected chi connectivity index (χ3v) is 4.61. The Morgan fingerprint density at radius 2 is 2.11 bits per heavy atom. The van der Waals surface area contributed by atoms with Gasteiger partial charge in [-0.05, 0) is 37.1 Å². The molecule has 7 heteroatoms. The quantitative estimate of drug-likeness (QED) is 0.673. The fraction of sp³-hybridized carbons (Fsp3) is 0.300. The van der Waals surface area contributed by atoms with E-state index >= 15 is 0 Å². The molecule has 0 saturated carbocycles. The van der Waals surface area contributed by atoms with Gasteiger partial charge in [-0.3, -0.25) is 9.78 Å². The van der Waals surface area contributed by atoms with Gasteiger partial charge in [0.15, 0.2) is 0 Å². The molecule has 0 spiro atoms. The molecule has 0 N–H and O–H groups in total. The maximum atomic E-state index is 13.4. The molecule has 138 valence electrons. The van der Waals surface area contributed by atoms with Crippen LogP contribution in [0.1, 0.15) is 28.9 Å². The zero-order valence-electron chi connectivity index (χ0n) is 14.9. The number of hydrogen-bond acceptors (Lipinski definition) is 5. The van der Waals surface area contributed by atoms with Crippen molar-refractivity contribution in [1.82, 2.24) is 24.6 Å². The second kappa shape index (κ2) is 8.09. The van der Waals surface area contributed by atoms with Crippen LogP contribution in [0, 0.1) is 0 Å². The molecule has 1 aliphatic rings. The molecule has 1 aliphatic heterocycles. The van der Waals surface area contributed by atoms with Gasteiger partial charge in [-0.1, -0.05) is 18.2 Å². The molecule has 0 bridgehead atoms. The Morgan fingerprint density at radius 1 is 1.22 bits per heavy atom. The van der Waals surface area contributed by atoms with Gasteiger partial charge in [0, 0.05) is 19.3 Å². The zero-order valence-corrected chi connectivity index (χ0v) is 14.9. The van der Waals surface area contributed by atoms with Crippen LogP contribution in [0.15, 0.2) is 61.3 Å². The van der Waals surface area contributed by atoms with Crippen LogP contribution in [-0.2, 0) is 11.3 Å². The molecule has 1 unspecified atom stereocenters. The monoisotopic (exact) mass is 363 g/mol. The molecule has 2 aromatic heterocycles. The summed E-state index contributed by atoms with van der Waals surface area (Å²) < 4.78 is 7.38. The first-order valence-electron chi connectivity index (χ1n) is 9.06. The van der Waals surface area contributed by atoms with Crippen LogP contribution in [0.25, 0.3) is 5.69 Å². The van der Waals surface area contributed by atoms with E-state index in [0.717, 1.165) is 25.1 Å². The molecule has 0 radical (unpaired) electrons. The lowest BCUT2D eigenvalue weighted by Gasteiger charge is -2.26. The molecule has 27 heavy (non-hydrogen) atoms. The third kappa shape index (κ3) is 4.03. The summed E-state index contributed by atoms with van der Waals surface area (Å²) in [5.74, 6) is -0.0674. The number of ether oxygens (including phenoxy) is 1. The molecule has 4 rings (SSSR count). The van der Waals surface area contributed by atoms with Crippen LogP contribution < -0.4 is 0 Å². The summed E-state index contributed by atoms with van der Waals surface area (Å²) in [7, 11) is 0. The highest BCUT2D eigenvalue weighted by atomic mass is 16.5. The maximum absolute atomic E-state index is 13.4. The summed E-state index contributed by atoms with van der Waals surface area (Å²) in [4.78, 5) is 23.6. The molecular weight excluding hydrogens is 342 g/mol. The van der Waals surface area contributed by atoms with E-state index in [1.165, 1.54) is 6.33 Å². The van der Waals surface area contributed by atoms with Gasteiger partial charge in [-0.15, -0.1) is 0 Å². The van der Waals surface area contributed by atoms with Gasteiger partial charge < -0.3 is 9.64 Å². The summed E-state index contributed by atoms with van der Waals surface area (Å²) in [6.07, 6.45) is 6.86. The number of nitrogens with zero attached hydrogens (tertiary/aromatic N) is 5. The van der Waals surface area contributed by atoms with Gasteiger partial charge in [0.25, 0.3) is 5.91 Å². The minimum absolute atomic E-state index is 0.0659.